The van der Waals surface area contributed by atoms with Crippen molar-refractivity contribution in [3.8, 4) is 22.1 Å². The van der Waals surface area contributed by atoms with E-state index in [0.717, 1.165) is 17.0 Å². The summed E-state index contributed by atoms with van der Waals surface area (Å²) in [5.74, 6) is 0.720. The summed E-state index contributed by atoms with van der Waals surface area (Å²) in [4.78, 5) is 17.9. The average Bonchev–Trinajstić information content (AvgIpc) is 3.10. The van der Waals surface area contributed by atoms with Crippen molar-refractivity contribution in [3.63, 3.8) is 0 Å². The van der Waals surface area contributed by atoms with Crippen LogP contribution in [0.3, 0.4) is 0 Å². The first kappa shape index (κ1) is 20.2. The molecule has 3 rings (SSSR count). The molecule has 0 spiro atoms. The van der Waals surface area contributed by atoms with E-state index in [-0.39, 0.29) is 5.91 Å². The number of aryl methyl sites for hydroxylation is 2. The lowest BCUT2D eigenvalue weighted by molar-refractivity contribution is 0.103. The van der Waals surface area contributed by atoms with E-state index >= 15 is 0 Å². The Balaban J connectivity index is 1.86. The Hall–Kier alpha value is -2.57. The van der Waals surface area contributed by atoms with Crippen LogP contribution in [0.15, 0.2) is 36.4 Å². The minimum absolute atomic E-state index is 0.263. The van der Waals surface area contributed by atoms with E-state index in [1.54, 1.807) is 12.1 Å². The van der Waals surface area contributed by atoms with Crippen molar-refractivity contribution < 1.29 is 14.3 Å². The van der Waals surface area contributed by atoms with Crippen molar-refractivity contribution in [1.29, 1.82) is 0 Å². The van der Waals surface area contributed by atoms with Gasteiger partial charge in [-0.2, -0.15) is 0 Å². The van der Waals surface area contributed by atoms with Gasteiger partial charge in [-0.15, -0.1) is 11.3 Å². The zero-order chi connectivity index (χ0) is 20.3. The molecule has 2 aromatic carbocycles. The fourth-order valence-electron chi connectivity index (χ4n) is 2.74. The largest absolute Gasteiger partial charge is 0.493 e. The first-order chi connectivity index (χ1) is 13.5. The average molecular weight is 417 g/mol. The number of nitrogens with zero attached hydrogens (tertiary/aromatic N) is 1. The number of ether oxygens (including phenoxy) is 2. The molecule has 5 nitrogen and oxygen atoms in total. The molecule has 0 saturated carbocycles. The Morgan fingerprint density at radius 2 is 1.79 bits per heavy atom. The van der Waals surface area contributed by atoms with Crippen molar-refractivity contribution in [2.75, 3.05) is 19.5 Å². The summed E-state index contributed by atoms with van der Waals surface area (Å²) < 4.78 is 10.5. The number of amides is 1. The highest BCUT2D eigenvalue weighted by molar-refractivity contribution is 7.17. The molecule has 1 amide bonds. The number of methoxy groups -OCH3 is 2. The van der Waals surface area contributed by atoms with Crippen LogP contribution in [-0.4, -0.2) is 25.1 Å². The Kier molecular flexibility index (Phi) is 6.21. The molecular weight excluding hydrogens is 396 g/mol. The summed E-state index contributed by atoms with van der Waals surface area (Å²) in [6.45, 7) is 3.94. The normalized spacial score (nSPS) is 10.6. The van der Waals surface area contributed by atoms with Gasteiger partial charge in [0.25, 0.3) is 5.91 Å². The third kappa shape index (κ3) is 4.13. The van der Waals surface area contributed by atoms with Crippen molar-refractivity contribution in [2.24, 2.45) is 0 Å². The van der Waals surface area contributed by atoms with E-state index in [0.29, 0.717) is 32.8 Å². The molecular formula is C21H21ClN2O3S. The van der Waals surface area contributed by atoms with Crippen LogP contribution in [0.5, 0.6) is 11.5 Å². The number of carbonyl (C=O) groups excluding carboxylic acids is 1. The van der Waals surface area contributed by atoms with Gasteiger partial charge in [-0.3, -0.25) is 4.79 Å². The molecule has 0 fully saturated rings. The second kappa shape index (κ2) is 8.63. The van der Waals surface area contributed by atoms with Crippen LogP contribution in [-0.2, 0) is 6.42 Å². The van der Waals surface area contributed by atoms with Crippen LogP contribution in [0.2, 0.25) is 5.02 Å². The highest BCUT2D eigenvalue weighted by Crippen LogP contribution is 2.37. The Labute approximate surface area is 173 Å². The highest BCUT2D eigenvalue weighted by Gasteiger charge is 2.19. The Morgan fingerprint density at radius 1 is 1.14 bits per heavy atom. The van der Waals surface area contributed by atoms with Crippen LogP contribution in [0, 0.1) is 6.92 Å². The molecule has 1 aromatic heterocycles. The third-order valence-electron chi connectivity index (χ3n) is 4.33. The van der Waals surface area contributed by atoms with Crippen LogP contribution in [0.1, 0.15) is 27.9 Å². The molecule has 3 aromatic rings. The second-order valence-electron chi connectivity index (χ2n) is 6.13. The predicted molar refractivity (Wildman–Crippen MR) is 114 cm³/mol. The van der Waals surface area contributed by atoms with E-state index in [1.165, 1.54) is 31.1 Å². The molecule has 0 aliphatic carbocycles. The fourth-order valence-corrected chi connectivity index (χ4v) is 3.91. The lowest BCUT2D eigenvalue weighted by Crippen LogP contribution is -2.12. The van der Waals surface area contributed by atoms with E-state index in [4.69, 9.17) is 21.1 Å². The third-order valence-corrected chi connectivity index (χ3v) is 5.85. The van der Waals surface area contributed by atoms with Crippen molar-refractivity contribution in [1.82, 2.24) is 4.98 Å². The molecule has 1 N–H and O–H groups in total. The molecule has 0 aliphatic rings. The maximum absolute atomic E-state index is 12.8. The number of hydrogen-bond acceptors (Lipinski definition) is 5. The van der Waals surface area contributed by atoms with Crippen LogP contribution < -0.4 is 14.8 Å². The molecule has 0 bridgehead atoms. The van der Waals surface area contributed by atoms with E-state index in [9.17, 15) is 4.79 Å². The quantitative estimate of drug-likeness (QED) is 0.567. The summed E-state index contributed by atoms with van der Waals surface area (Å²) in [6, 6.07) is 11.5. The number of aromatic nitrogens is 1. The number of nitrogens with one attached hydrogen (secondary N) is 1. The van der Waals surface area contributed by atoms with Gasteiger partial charge in [-0.05, 0) is 18.9 Å². The maximum atomic E-state index is 12.8. The Morgan fingerprint density at radius 3 is 2.39 bits per heavy atom. The number of thiazole rings is 1. The monoisotopic (exact) mass is 416 g/mol. The van der Waals surface area contributed by atoms with Gasteiger partial charge in [0, 0.05) is 17.7 Å². The van der Waals surface area contributed by atoms with Gasteiger partial charge in [0.2, 0.25) is 0 Å². The number of rotatable bonds is 6. The summed E-state index contributed by atoms with van der Waals surface area (Å²) in [6.07, 6.45) is 0.983. The van der Waals surface area contributed by atoms with Crippen LogP contribution in [0.25, 0.3) is 10.6 Å². The molecule has 0 saturated heterocycles. The molecule has 146 valence electrons. The number of halogens is 1. The van der Waals surface area contributed by atoms with Gasteiger partial charge in [0.1, 0.15) is 9.88 Å². The number of hydrogen-bond donors (Lipinski definition) is 1. The van der Waals surface area contributed by atoms with Crippen molar-refractivity contribution in [2.45, 2.75) is 20.3 Å². The molecule has 0 unspecified atom stereocenters. The number of anilines is 1. The van der Waals surface area contributed by atoms with Gasteiger partial charge in [0.05, 0.1) is 30.6 Å². The summed E-state index contributed by atoms with van der Waals surface area (Å²) >= 11 is 7.63. The maximum Gasteiger partial charge on any atom is 0.267 e. The molecule has 7 heteroatoms. The lowest BCUT2D eigenvalue weighted by Gasteiger charge is -2.12. The second-order valence-corrected chi connectivity index (χ2v) is 7.53. The van der Waals surface area contributed by atoms with Gasteiger partial charge in [0.15, 0.2) is 11.5 Å². The molecule has 28 heavy (non-hydrogen) atoms. The van der Waals surface area contributed by atoms with Crippen LogP contribution in [0.4, 0.5) is 5.69 Å². The zero-order valence-electron chi connectivity index (χ0n) is 16.1. The van der Waals surface area contributed by atoms with E-state index in [2.05, 4.69) is 29.4 Å². The fraction of sp³-hybridized carbons (Fsp3) is 0.238. The SMILES string of the molecule is CCc1ccc(-c2nc(C)c(C(=O)Nc3cc(OC)c(OC)cc3Cl)s2)cc1. The predicted octanol–water partition coefficient (Wildman–Crippen LogP) is 5.60. The standard InChI is InChI=1S/C21H21ClN2O3S/c1-5-13-6-8-14(9-7-13)21-23-12(2)19(28-21)20(25)24-16-11-18(27-4)17(26-3)10-15(16)22/h6-11H,5H2,1-4H3,(H,24,25). The zero-order valence-corrected chi connectivity index (χ0v) is 17.7. The number of benzene rings is 2. The van der Waals surface area contributed by atoms with Gasteiger partial charge in [-0.1, -0.05) is 42.8 Å². The Bertz CT molecular complexity index is 1000. The van der Waals surface area contributed by atoms with Crippen LogP contribution >= 0.6 is 22.9 Å². The summed E-state index contributed by atoms with van der Waals surface area (Å²) in [5, 5.41) is 4.01. The van der Waals surface area contributed by atoms with Gasteiger partial charge >= 0.3 is 0 Å². The van der Waals surface area contributed by atoms with Crippen molar-refractivity contribution >= 4 is 34.5 Å². The first-order valence-corrected chi connectivity index (χ1v) is 9.95. The van der Waals surface area contributed by atoms with E-state index < -0.39 is 0 Å². The number of carbonyl (C=O) groups is 1. The summed E-state index contributed by atoms with van der Waals surface area (Å²) in [7, 11) is 3.06. The molecule has 0 aliphatic heterocycles. The molecule has 1 heterocycles. The van der Waals surface area contributed by atoms with Crippen molar-refractivity contribution in [3.05, 3.63) is 57.6 Å². The smallest absolute Gasteiger partial charge is 0.267 e. The molecule has 0 radical (unpaired) electrons. The molecule has 0 atom stereocenters. The van der Waals surface area contributed by atoms with E-state index in [1.807, 2.05) is 19.1 Å². The highest BCUT2D eigenvalue weighted by atomic mass is 35.5. The minimum atomic E-state index is -0.263. The minimum Gasteiger partial charge on any atom is -0.493 e. The van der Waals surface area contributed by atoms with Gasteiger partial charge in [-0.25, -0.2) is 4.98 Å². The first-order valence-electron chi connectivity index (χ1n) is 8.76. The summed E-state index contributed by atoms with van der Waals surface area (Å²) in [5.41, 5.74) is 3.38. The topological polar surface area (TPSA) is 60.5 Å². The lowest BCUT2D eigenvalue weighted by atomic mass is 10.1. The van der Waals surface area contributed by atoms with Gasteiger partial charge < -0.3 is 14.8 Å².